The van der Waals surface area contributed by atoms with Crippen molar-refractivity contribution in [3.8, 4) is 0 Å². The molecule has 0 bridgehead atoms. The highest BCUT2D eigenvalue weighted by Gasteiger charge is 2.19. The molecule has 0 aromatic carbocycles. The molecule has 0 heterocycles. The Bertz CT molecular complexity index is 143. The van der Waals surface area contributed by atoms with E-state index in [1.807, 2.05) is 6.92 Å². The third-order valence-electron chi connectivity index (χ3n) is 1.05. The van der Waals surface area contributed by atoms with Crippen LogP contribution in [0.2, 0.25) is 0 Å². The maximum atomic E-state index is 10.3. The molecule has 0 saturated heterocycles. The lowest BCUT2D eigenvalue weighted by Crippen LogP contribution is -2.37. The molecule has 2 N–H and O–H groups in total. The number of rotatable bonds is 3. The van der Waals surface area contributed by atoms with Gasteiger partial charge in [0, 0.05) is 0 Å². The van der Waals surface area contributed by atoms with E-state index in [1.165, 1.54) is 0 Å². The summed E-state index contributed by atoms with van der Waals surface area (Å²) in [6.07, 6.45) is 1.16. The summed E-state index contributed by atoms with van der Waals surface area (Å²) in [6.45, 7) is 5.21. The highest BCUT2D eigenvalue weighted by Crippen LogP contribution is 2.07. The Hall–Kier alpha value is -0.0900. The molecular weight excluding hydrogens is 138 g/mol. The average Bonchev–Trinajstić information content (AvgIpc) is 1.65. The van der Waals surface area contributed by atoms with Gasteiger partial charge in [-0.05, 0) is 13.3 Å². The average molecular weight is 150 g/mol. The van der Waals surface area contributed by atoms with E-state index >= 15 is 0 Å². The zero-order chi connectivity index (χ0) is 7.49. The monoisotopic (exact) mass is 150 g/mol. The number of thiol groups is 1. The highest BCUT2D eigenvalue weighted by molar-refractivity contribution is 7.74. The van der Waals surface area contributed by atoms with Gasteiger partial charge in [0.25, 0.3) is 0 Å². The third kappa shape index (κ3) is 2.81. The standard InChI is InChI=1S/C5H12NO2S/c1-3-4-5(2,6)9(7)8/h9H,2-4,6H2,1H3. The quantitative estimate of drug-likeness (QED) is 0.552. The van der Waals surface area contributed by atoms with Crippen molar-refractivity contribution >= 4 is 10.7 Å². The number of nitrogens with two attached hydrogens (primary N) is 1. The van der Waals surface area contributed by atoms with Gasteiger partial charge in [-0.3, -0.25) is 0 Å². The van der Waals surface area contributed by atoms with E-state index in [1.54, 1.807) is 0 Å². The topological polar surface area (TPSA) is 60.2 Å². The second kappa shape index (κ2) is 3.17. The van der Waals surface area contributed by atoms with Crippen molar-refractivity contribution in [1.82, 2.24) is 0 Å². The largest absolute Gasteiger partial charge is 0.313 e. The van der Waals surface area contributed by atoms with E-state index in [0.29, 0.717) is 6.42 Å². The molecule has 0 aliphatic heterocycles. The summed E-state index contributed by atoms with van der Waals surface area (Å²) in [7, 11) is -2.58. The van der Waals surface area contributed by atoms with Crippen LogP contribution in [-0.4, -0.2) is 13.3 Å². The van der Waals surface area contributed by atoms with Crippen molar-refractivity contribution in [3.63, 3.8) is 0 Å². The van der Waals surface area contributed by atoms with Crippen LogP contribution in [0.15, 0.2) is 0 Å². The first-order chi connectivity index (χ1) is 4.00. The first-order valence-electron chi connectivity index (χ1n) is 2.79. The number of hydrogen-bond donors (Lipinski definition) is 2. The number of hydrogen-bond acceptors (Lipinski definition) is 3. The fourth-order valence-corrected chi connectivity index (χ4v) is 0.930. The second-order valence-corrected chi connectivity index (χ2v) is 3.52. The minimum Gasteiger partial charge on any atom is -0.313 e. The lowest BCUT2D eigenvalue weighted by Gasteiger charge is -2.14. The fourth-order valence-electron chi connectivity index (χ4n) is 0.524. The highest BCUT2D eigenvalue weighted by atomic mass is 32.2. The molecule has 0 aromatic heterocycles. The Kier molecular flexibility index (Phi) is 3.14. The summed E-state index contributed by atoms with van der Waals surface area (Å²) in [6, 6.07) is 0. The predicted molar refractivity (Wildman–Crippen MR) is 37.5 cm³/mol. The zero-order valence-electron chi connectivity index (χ0n) is 5.46. The van der Waals surface area contributed by atoms with Gasteiger partial charge in [-0.25, -0.2) is 8.42 Å². The van der Waals surface area contributed by atoms with E-state index in [0.717, 1.165) is 6.42 Å². The van der Waals surface area contributed by atoms with Crippen LogP contribution in [-0.2, 0) is 10.7 Å². The van der Waals surface area contributed by atoms with Gasteiger partial charge in [0.15, 0.2) is 10.7 Å². The first kappa shape index (κ1) is 8.91. The molecule has 0 aliphatic rings. The SMILES string of the molecule is [CH2]C(N)(CCC)[SH](=O)=O. The minimum atomic E-state index is -2.58. The molecule has 3 nitrogen and oxygen atoms in total. The molecule has 0 saturated carbocycles. The summed E-state index contributed by atoms with van der Waals surface area (Å²) in [5.74, 6) is 0. The van der Waals surface area contributed by atoms with Crippen molar-refractivity contribution in [2.24, 2.45) is 5.73 Å². The molecule has 0 spiro atoms. The summed E-state index contributed by atoms with van der Waals surface area (Å²) in [5, 5.41) is 0. The summed E-state index contributed by atoms with van der Waals surface area (Å²) in [5.41, 5.74) is 5.26. The molecule has 0 aliphatic carbocycles. The molecule has 0 rings (SSSR count). The molecule has 0 fully saturated rings. The van der Waals surface area contributed by atoms with Gasteiger partial charge in [0.2, 0.25) is 0 Å². The summed E-state index contributed by atoms with van der Waals surface area (Å²) >= 11 is 0. The fraction of sp³-hybridized carbons (Fsp3) is 0.800. The molecule has 4 heteroatoms. The van der Waals surface area contributed by atoms with Gasteiger partial charge >= 0.3 is 0 Å². The van der Waals surface area contributed by atoms with Crippen molar-refractivity contribution in [1.29, 1.82) is 0 Å². The van der Waals surface area contributed by atoms with E-state index in [4.69, 9.17) is 5.73 Å². The van der Waals surface area contributed by atoms with Crippen molar-refractivity contribution in [2.45, 2.75) is 24.6 Å². The van der Waals surface area contributed by atoms with Gasteiger partial charge in [-0.15, -0.1) is 0 Å². The molecular formula is C5H12NO2S. The maximum Gasteiger partial charge on any atom is 0.158 e. The Labute approximate surface area is 57.2 Å². The Morgan fingerprint density at radius 2 is 2.11 bits per heavy atom. The summed E-state index contributed by atoms with van der Waals surface area (Å²) in [4.78, 5) is -1.25. The van der Waals surface area contributed by atoms with Crippen LogP contribution < -0.4 is 5.73 Å². The van der Waals surface area contributed by atoms with Gasteiger partial charge in [0.1, 0.15) is 4.87 Å². The first-order valence-corrected chi connectivity index (χ1v) is 3.97. The van der Waals surface area contributed by atoms with Gasteiger partial charge in [-0.1, -0.05) is 13.3 Å². The van der Waals surface area contributed by atoms with Crippen LogP contribution in [0.4, 0.5) is 0 Å². The van der Waals surface area contributed by atoms with Crippen LogP contribution in [0, 0.1) is 6.92 Å². The minimum absolute atomic E-state index is 0.422. The van der Waals surface area contributed by atoms with Crippen molar-refractivity contribution in [2.75, 3.05) is 0 Å². The molecule has 0 amide bonds. The Morgan fingerprint density at radius 3 is 2.22 bits per heavy atom. The predicted octanol–water partition coefficient (Wildman–Crippen LogP) is -0.113. The molecule has 55 valence electrons. The van der Waals surface area contributed by atoms with Crippen LogP contribution in [0.25, 0.3) is 0 Å². The normalized spacial score (nSPS) is 17.8. The van der Waals surface area contributed by atoms with Crippen molar-refractivity contribution < 1.29 is 8.42 Å². The Balaban J connectivity index is 4.02. The van der Waals surface area contributed by atoms with Crippen LogP contribution in [0.5, 0.6) is 0 Å². The molecule has 1 unspecified atom stereocenters. The van der Waals surface area contributed by atoms with Crippen LogP contribution in [0.3, 0.4) is 0 Å². The van der Waals surface area contributed by atoms with Crippen LogP contribution in [0.1, 0.15) is 19.8 Å². The molecule has 1 atom stereocenters. The van der Waals surface area contributed by atoms with Gasteiger partial charge < -0.3 is 5.73 Å². The van der Waals surface area contributed by atoms with Crippen LogP contribution >= 0.6 is 0 Å². The van der Waals surface area contributed by atoms with Gasteiger partial charge in [0.05, 0.1) is 0 Å². The Morgan fingerprint density at radius 1 is 1.67 bits per heavy atom. The smallest absolute Gasteiger partial charge is 0.158 e. The zero-order valence-corrected chi connectivity index (χ0v) is 6.36. The van der Waals surface area contributed by atoms with E-state index in [-0.39, 0.29) is 0 Å². The van der Waals surface area contributed by atoms with E-state index in [2.05, 4.69) is 6.92 Å². The van der Waals surface area contributed by atoms with Crippen molar-refractivity contribution in [3.05, 3.63) is 6.92 Å². The molecule has 1 radical (unpaired) electrons. The van der Waals surface area contributed by atoms with E-state index < -0.39 is 15.6 Å². The third-order valence-corrected chi connectivity index (χ3v) is 2.00. The lowest BCUT2D eigenvalue weighted by molar-refractivity contribution is 0.554. The lowest BCUT2D eigenvalue weighted by atomic mass is 10.2. The molecule has 0 aromatic rings. The maximum absolute atomic E-state index is 10.3. The summed E-state index contributed by atoms with van der Waals surface area (Å²) < 4.78 is 20.5. The second-order valence-electron chi connectivity index (χ2n) is 2.11. The van der Waals surface area contributed by atoms with E-state index in [9.17, 15) is 8.42 Å². The molecule has 9 heavy (non-hydrogen) atoms. The van der Waals surface area contributed by atoms with Gasteiger partial charge in [-0.2, -0.15) is 0 Å².